The molecule has 4 rings (SSSR count). The fourth-order valence-corrected chi connectivity index (χ4v) is 4.90. The van der Waals surface area contributed by atoms with Gasteiger partial charge in [0.25, 0.3) is 0 Å². The molecule has 0 heterocycles. The van der Waals surface area contributed by atoms with E-state index in [9.17, 15) is 0 Å². The highest BCUT2D eigenvalue weighted by molar-refractivity contribution is 4.97. The van der Waals surface area contributed by atoms with Crippen LogP contribution < -0.4 is 0 Å². The van der Waals surface area contributed by atoms with E-state index in [4.69, 9.17) is 0 Å². The molecule has 0 saturated heterocycles. The Bertz CT molecular complexity index is 418. The molecule has 2 unspecified atom stereocenters. The Labute approximate surface area is 156 Å². The van der Waals surface area contributed by atoms with E-state index >= 15 is 0 Å². The molecule has 2 atom stereocenters. The molecule has 0 spiro atoms. The average Bonchev–Trinajstić information content (AvgIpc) is 2.53. The summed E-state index contributed by atoms with van der Waals surface area (Å²) in [4.78, 5) is 0. The molecular formula is C25H38. The second-order valence-corrected chi connectivity index (χ2v) is 8.73. The second-order valence-electron chi connectivity index (χ2n) is 8.73. The van der Waals surface area contributed by atoms with Crippen LogP contribution in [0.2, 0.25) is 0 Å². The Balaban J connectivity index is 0.000000146. The van der Waals surface area contributed by atoms with Crippen LogP contribution in [-0.4, -0.2) is 0 Å². The third-order valence-corrected chi connectivity index (χ3v) is 6.62. The van der Waals surface area contributed by atoms with Gasteiger partial charge < -0.3 is 0 Å². The fourth-order valence-electron chi connectivity index (χ4n) is 4.90. The van der Waals surface area contributed by atoms with Crippen molar-refractivity contribution in [2.75, 3.05) is 0 Å². The summed E-state index contributed by atoms with van der Waals surface area (Å²) in [7, 11) is 0. The van der Waals surface area contributed by atoms with Crippen molar-refractivity contribution in [2.24, 2.45) is 23.7 Å². The van der Waals surface area contributed by atoms with Crippen LogP contribution in [-0.2, 0) is 0 Å². The minimum atomic E-state index is 0.945. The summed E-state index contributed by atoms with van der Waals surface area (Å²) >= 11 is 0. The van der Waals surface area contributed by atoms with Gasteiger partial charge in [-0.15, -0.1) is 0 Å². The largest absolute Gasteiger partial charge is 0.0885 e. The van der Waals surface area contributed by atoms with Gasteiger partial charge in [-0.2, -0.15) is 0 Å². The van der Waals surface area contributed by atoms with Crippen LogP contribution in [0, 0.1) is 23.7 Å². The average molecular weight is 339 g/mol. The van der Waals surface area contributed by atoms with Crippen LogP contribution in [0.15, 0.2) is 48.6 Å². The molecule has 0 N–H and O–H groups in total. The summed E-state index contributed by atoms with van der Waals surface area (Å²) in [5.41, 5.74) is 0. The van der Waals surface area contributed by atoms with E-state index in [0.717, 1.165) is 23.7 Å². The Morgan fingerprint density at radius 3 is 1.16 bits per heavy atom. The third-order valence-electron chi connectivity index (χ3n) is 6.62. The summed E-state index contributed by atoms with van der Waals surface area (Å²) in [5.74, 6) is 3.85. The molecule has 138 valence electrons. The summed E-state index contributed by atoms with van der Waals surface area (Å²) in [6, 6.07) is 0. The molecule has 0 aromatic carbocycles. The van der Waals surface area contributed by atoms with Gasteiger partial charge in [-0.05, 0) is 107 Å². The summed E-state index contributed by atoms with van der Waals surface area (Å²) in [6.07, 6.45) is 37.0. The van der Waals surface area contributed by atoms with Crippen LogP contribution in [0.4, 0.5) is 0 Å². The van der Waals surface area contributed by atoms with E-state index in [-0.39, 0.29) is 0 Å². The number of allylic oxidation sites excluding steroid dienone is 8. The maximum atomic E-state index is 2.41. The molecule has 0 aliphatic heterocycles. The Hall–Kier alpha value is -1.04. The quantitative estimate of drug-likeness (QED) is 0.395. The van der Waals surface area contributed by atoms with Gasteiger partial charge in [0.2, 0.25) is 0 Å². The van der Waals surface area contributed by atoms with Crippen LogP contribution in [0.5, 0.6) is 0 Å². The zero-order valence-electron chi connectivity index (χ0n) is 16.1. The first-order chi connectivity index (χ1) is 12.4. The van der Waals surface area contributed by atoms with E-state index in [1.807, 2.05) is 0 Å². The highest BCUT2D eigenvalue weighted by Crippen LogP contribution is 2.31. The van der Waals surface area contributed by atoms with E-state index in [0.29, 0.717) is 0 Å². The molecule has 0 amide bonds. The van der Waals surface area contributed by atoms with Gasteiger partial charge in [0.1, 0.15) is 0 Å². The lowest BCUT2D eigenvalue weighted by molar-refractivity contribution is 0.331. The van der Waals surface area contributed by atoms with Crippen molar-refractivity contribution in [1.29, 1.82) is 0 Å². The van der Waals surface area contributed by atoms with Crippen molar-refractivity contribution >= 4 is 0 Å². The van der Waals surface area contributed by atoms with Crippen LogP contribution in [0.3, 0.4) is 0 Å². The summed E-state index contributed by atoms with van der Waals surface area (Å²) in [6.45, 7) is 0. The maximum Gasteiger partial charge on any atom is -0.0319 e. The second kappa shape index (κ2) is 10.8. The first kappa shape index (κ1) is 18.7. The monoisotopic (exact) mass is 338 g/mol. The van der Waals surface area contributed by atoms with Crippen molar-refractivity contribution in [2.45, 2.75) is 83.5 Å². The molecule has 25 heavy (non-hydrogen) atoms. The van der Waals surface area contributed by atoms with E-state index in [1.165, 1.54) is 83.5 Å². The topological polar surface area (TPSA) is 0 Å². The van der Waals surface area contributed by atoms with Gasteiger partial charge in [-0.25, -0.2) is 0 Å². The summed E-state index contributed by atoms with van der Waals surface area (Å²) in [5, 5.41) is 0. The van der Waals surface area contributed by atoms with Gasteiger partial charge in [-0.1, -0.05) is 48.6 Å². The third kappa shape index (κ3) is 7.00. The van der Waals surface area contributed by atoms with Gasteiger partial charge in [0.15, 0.2) is 0 Å². The zero-order chi connectivity index (χ0) is 17.2. The molecule has 0 aromatic rings. The van der Waals surface area contributed by atoms with Crippen LogP contribution in [0.25, 0.3) is 0 Å². The predicted octanol–water partition coefficient (Wildman–Crippen LogP) is 7.79. The summed E-state index contributed by atoms with van der Waals surface area (Å²) < 4.78 is 0. The Kier molecular flexibility index (Phi) is 8.13. The van der Waals surface area contributed by atoms with E-state index in [2.05, 4.69) is 48.6 Å². The molecule has 4 bridgehead atoms. The molecule has 0 fully saturated rings. The predicted molar refractivity (Wildman–Crippen MR) is 111 cm³/mol. The van der Waals surface area contributed by atoms with E-state index < -0.39 is 0 Å². The molecular weight excluding hydrogens is 300 g/mol. The number of hydrogen-bond acceptors (Lipinski definition) is 0. The molecule has 0 saturated carbocycles. The van der Waals surface area contributed by atoms with Gasteiger partial charge in [0.05, 0.1) is 0 Å². The molecule has 0 radical (unpaired) electrons. The molecule has 4 aliphatic rings. The van der Waals surface area contributed by atoms with E-state index in [1.54, 1.807) is 0 Å². The minimum absolute atomic E-state index is 0.945. The number of rotatable bonds is 0. The SMILES string of the molecule is C1=C\CC2C/C=C\CC(C/1)CC2.C1=C\CC2CC/C=C\CC(CC/1)C2. The highest BCUT2D eigenvalue weighted by Gasteiger charge is 2.17. The van der Waals surface area contributed by atoms with Crippen molar-refractivity contribution in [3.8, 4) is 0 Å². The smallest absolute Gasteiger partial charge is 0.0319 e. The zero-order valence-corrected chi connectivity index (χ0v) is 16.1. The lowest BCUT2D eigenvalue weighted by Crippen LogP contribution is -2.11. The van der Waals surface area contributed by atoms with Gasteiger partial charge >= 0.3 is 0 Å². The first-order valence-electron chi connectivity index (χ1n) is 11.0. The van der Waals surface area contributed by atoms with Gasteiger partial charge in [-0.3, -0.25) is 0 Å². The maximum absolute atomic E-state index is 2.41. The van der Waals surface area contributed by atoms with Crippen molar-refractivity contribution < 1.29 is 0 Å². The Morgan fingerprint density at radius 2 is 0.720 bits per heavy atom. The molecule has 0 aromatic heterocycles. The fraction of sp³-hybridized carbons (Fsp3) is 0.680. The normalized spacial score (nSPS) is 40.0. The number of hydrogen-bond donors (Lipinski definition) is 0. The van der Waals surface area contributed by atoms with Gasteiger partial charge in [0, 0.05) is 0 Å². The molecule has 0 nitrogen and oxygen atoms in total. The molecule has 4 aliphatic carbocycles. The minimum Gasteiger partial charge on any atom is -0.0885 e. The lowest BCUT2D eigenvalue weighted by atomic mass is 9.81. The van der Waals surface area contributed by atoms with Crippen LogP contribution in [0.1, 0.15) is 83.5 Å². The van der Waals surface area contributed by atoms with Crippen molar-refractivity contribution in [1.82, 2.24) is 0 Å². The number of fused-ring (bicyclic) bond motifs is 5. The van der Waals surface area contributed by atoms with Crippen molar-refractivity contribution in [3.63, 3.8) is 0 Å². The first-order valence-corrected chi connectivity index (χ1v) is 11.0. The molecule has 0 heteroatoms. The Morgan fingerprint density at radius 1 is 0.360 bits per heavy atom. The lowest BCUT2D eigenvalue weighted by Gasteiger charge is -2.24. The van der Waals surface area contributed by atoms with Crippen molar-refractivity contribution in [3.05, 3.63) is 48.6 Å². The highest BCUT2D eigenvalue weighted by atomic mass is 14.2. The standard InChI is InChI=1S/C13H20.C12H18/c1-3-7-12-9-5-2-6-10-13(11-12)8-4-1;1-2-6-12-8-4-3-7-11(5-1)9-10-12/h1-3,6,12-13H,4-5,7-11H2;1-4,11-12H,5-10H2/b3-1-,6-2-;2-1-,4-3-. The van der Waals surface area contributed by atoms with Crippen LogP contribution >= 0.6 is 0 Å².